The number of benzene rings is 1. The molecule has 2 nitrogen and oxygen atoms in total. The lowest BCUT2D eigenvalue weighted by molar-refractivity contribution is 0.392. The van der Waals surface area contributed by atoms with Crippen molar-refractivity contribution < 1.29 is 5.11 Å². The van der Waals surface area contributed by atoms with Crippen molar-refractivity contribution in [2.75, 3.05) is 0 Å². The lowest BCUT2D eigenvalue weighted by Crippen LogP contribution is -2.40. The van der Waals surface area contributed by atoms with Crippen molar-refractivity contribution in [2.24, 2.45) is 0 Å². The Morgan fingerprint density at radius 1 is 1.35 bits per heavy atom. The fourth-order valence-corrected chi connectivity index (χ4v) is 4.33. The van der Waals surface area contributed by atoms with Gasteiger partial charge < -0.3 is 5.11 Å². The summed E-state index contributed by atoms with van der Waals surface area (Å²) >= 11 is 1.84. The van der Waals surface area contributed by atoms with Crippen LogP contribution < -0.4 is 5.32 Å². The summed E-state index contributed by atoms with van der Waals surface area (Å²) in [5.74, 6) is 0.358. The summed E-state index contributed by atoms with van der Waals surface area (Å²) in [5.41, 5.74) is 3.84. The van der Waals surface area contributed by atoms with E-state index in [0.29, 0.717) is 11.8 Å². The molecule has 2 N–H and O–H groups in total. The SMILES string of the molecule is CC12NC(Cc3sccc31)c1ccc(O)cc12. The smallest absolute Gasteiger partial charge is 0.115 e. The Morgan fingerprint density at radius 3 is 3.12 bits per heavy atom. The largest absolute Gasteiger partial charge is 0.508 e. The quantitative estimate of drug-likeness (QED) is 0.745. The molecule has 3 heterocycles. The van der Waals surface area contributed by atoms with Gasteiger partial charge in [0.25, 0.3) is 0 Å². The van der Waals surface area contributed by atoms with Crippen LogP contribution in [0.3, 0.4) is 0 Å². The van der Waals surface area contributed by atoms with Gasteiger partial charge in [0, 0.05) is 17.3 Å². The van der Waals surface area contributed by atoms with Crippen molar-refractivity contribution in [1.82, 2.24) is 5.32 Å². The molecule has 1 aromatic heterocycles. The van der Waals surface area contributed by atoms with E-state index < -0.39 is 0 Å². The molecule has 2 aliphatic heterocycles. The van der Waals surface area contributed by atoms with Gasteiger partial charge in [-0.2, -0.15) is 0 Å². The maximum atomic E-state index is 9.70. The second kappa shape index (κ2) is 2.92. The molecule has 2 unspecified atom stereocenters. The van der Waals surface area contributed by atoms with E-state index in [1.807, 2.05) is 17.4 Å². The average molecular weight is 243 g/mol. The standard InChI is InChI=1S/C14H13NOS/c1-14-10-4-5-17-13(10)7-12(15-14)9-3-2-8(16)6-11(9)14/h2-6,12,15-16H,7H2,1H3. The van der Waals surface area contributed by atoms with E-state index >= 15 is 0 Å². The van der Waals surface area contributed by atoms with Gasteiger partial charge in [0.2, 0.25) is 0 Å². The van der Waals surface area contributed by atoms with Gasteiger partial charge in [0.05, 0.1) is 5.54 Å². The first-order valence-electron chi connectivity index (χ1n) is 5.86. The van der Waals surface area contributed by atoms with Gasteiger partial charge in [-0.3, -0.25) is 5.32 Å². The predicted molar refractivity (Wildman–Crippen MR) is 68.5 cm³/mol. The molecule has 2 atom stereocenters. The molecular weight excluding hydrogens is 230 g/mol. The third kappa shape index (κ3) is 1.08. The average Bonchev–Trinajstić information content (AvgIpc) is 2.84. The Bertz CT molecular complexity index is 618. The monoisotopic (exact) mass is 243 g/mol. The van der Waals surface area contributed by atoms with Crippen molar-refractivity contribution >= 4 is 11.3 Å². The van der Waals surface area contributed by atoms with E-state index in [2.05, 4.69) is 29.8 Å². The van der Waals surface area contributed by atoms with Gasteiger partial charge in [-0.25, -0.2) is 0 Å². The predicted octanol–water partition coefficient (Wildman–Crippen LogP) is 2.92. The number of rotatable bonds is 0. The molecule has 2 aromatic rings. The van der Waals surface area contributed by atoms with Crippen LogP contribution >= 0.6 is 11.3 Å². The summed E-state index contributed by atoms with van der Waals surface area (Å²) in [6.45, 7) is 2.22. The van der Waals surface area contributed by atoms with E-state index in [9.17, 15) is 5.11 Å². The molecular formula is C14H13NOS. The molecule has 0 aliphatic carbocycles. The molecule has 0 fully saturated rings. The van der Waals surface area contributed by atoms with Crippen molar-refractivity contribution in [3.8, 4) is 5.75 Å². The second-order valence-electron chi connectivity index (χ2n) is 5.06. The normalized spacial score (nSPS) is 28.9. The molecule has 17 heavy (non-hydrogen) atoms. The van der Waals surface area contributed by atoms with Crippen LogP contribution in [0.15, 0.2) is 29.6 Å². The first-order valence-corrected chi connectivity index (χ1v) is 6.74. The van der Waals surface area contributed by atoms with Crippen molar-refractivity contribution in [2.45, 2.75) is 24.9 Å². The topological polar surface area (TPSA) is 32.3 Å². The summed E-state index contributed by atoms with van der Waals surface area (Å²) in [6, 6.07) is 8.38. The summed E-state index contributed by atoms with van der Waals surface area (Å²) in [7, 11) is 0. The van der Waals surface area contributed by atoms with Gasteiger partial charge in [-0.1, -0.05) is 6.07 Å². The van der Waals surface area contributed by atoms with Gasteiger partial charge in [0.1, 0.15) is 5.75 Å². The number of phenols is 1. The Kier molecular flexibility index (Phi) is 1.66. The molecule has 0 amide bonds. The van der Waals surface area contributed by atoms with E-state index in [1.54, 1.807) is 6.07 Å². The van der Waals surface area contributed by atoms with E-state index in [0.717, 1.165) is 6.42 Å². The van der Waals surface area contributed by atoms with Crippen LogP contribution in [0.4, 0.5) is 0 Å². The third-order valence-corrected chi connectivity index (χ3v) is 5.03. The Labute approximate surface area is 104 Å². The molecule has 4 rings (SSSR count). The van der Waals surface area contributed by atoms with Gasteiger partial charge in [-0.05, 0) is 47.2 Å². The zero-order valence-corrected chi connectivity index (χ0v) is 10.3. The van der Waals surface area contributed by atoms with Crippen molar-refractivity contribution in [1.29, 1.82) is 0 Å². The summed E-state index contributed by atoms with van der Waals surface area (Å²) in [6.07, 6.45) is 1.07. The van der Waals surface area contributed by atoms with Crippen molar-refractivity contribution in [3.63, 3.8) is 0 Å². The Hall–Kier alpha value is -1.32. The highest BCUT2D eigenvalue weighted by molar-refractivity contribution is 7.10. The molecule has 0 saturated heterocycles. The fourth-order valence-electron chi connectivity index (χ4n) is 3.30. The maximum Gasteiger partial charge on any atom is 0.115 e. The molecule has 1 aromatic carbocycles. The van der Waals surface area contributed by atoms with Gasteiger partial charge in [-0.15, -0.1) is 11.3 Å². The zero-order valence-electron chi connectivity index (χ0n) is 9.53. The summed E-state index contributed by atoms with van der Waals surface area (Å²) < 4.78 is 0. The summed E-state index contributed by atoms with van der Waals surface area (Å²) in [4.78, 5) is 1.48. The van der Waals surface area contributed by atoms with Crippen LogP contribution in [-0.2, 0) is 12.0 Å². The minimum atomic E-state index is -0.119. The van der Waals surface area contributed by atoms with Crippen LogP contribution in [-0.4, -0.2) is 5.11 Å². The molecule has 2 bridgehead atoms. The maximum absolute atomic E-state index is 9.70. The van der Waals surface area contributed by atoms with Crippen LogP contribution in [0.2, 0.25) is 0 Å². The highest BCUT2D eigenvalue weighted by Crippen LogP contribution is 2.50. The zero-order chi connectivity index (χ0) is 11.6. The highest BCUT2D eigenvalue weighted by Gasteiger charge is 2.46. The van der Waals surface area contributed by atoms with Crippen LogP contribution in [0.5, 0.6) is 5.75 Å². The van der Waals surface area contributed by atoms with Gasteiger partial charge >= 0.3 is 0 Å². The molecule has 0 saturated carbocycles. The number of hydrogen-bond acceptors (Lipinski definition) is 3. The van der Waals surface area contributed by atoms with Crippen molar-refractivity contribution in [3.05, 3.63) is 51.2 Å². The molecule has 3 heteroatoms. The molecule has 2 aliphatic rings. The minimum Gasteiger partial charge on any atom is -0.508 e. The molecule has 0 spiro atoms. The lowest BCUT2D eigenvalue weighted by atomic mass is 9.86. The number of nitrogens with one attached hydrogen (secondary N) is 1. The fraction of sp³-hybridized carbons (Fsp3) is 0.286. The number of aromatic hydroxyl groups is 1. The van der Waals surface area contributed by atoms with Gasteiger partial charge in [0.15, 0.2) is 0 Å². The number of phenolic OH excluding ortho intramolecular Hbond substituents is 1. The third-order valence-electron chi connectivity index (χ3n) is 4.09. The second-order valence-corrected chi connectivity index (χ2v) is 6.06. The first kappa shape index (κ1) is 9.68. The van der Waals surface area contributed by atoms with Crippen LogP contribution in [0.1, 0.15) is 34.5 Å². The van der Waals surface area contributed by atoms with E-state index in [4.69, 9.17) is 0 Å². The van der Waals surface area contributed by atoms with E-state index in [-0.39, 0.29) is 5.54 Å². The number of hydrogen-bond donors (Lipinski definition) is 2. The number of thiophene rings is 1. The number of fused-ring (bicyclic) bond motifs is 7. The molecule has 86 valence electrons. The Morgan fingerprint density at radius 2 is 2.24 bits per heavy atom. The first-order chi connectivity index (χ1) is 8.18. The highest BCUT2D eigenvalue weighted by atomic mass is 32.1. The van der Waals surface area contributed by atoms with Crippen LogP contribution in [0, 0.1) is 0 Å². The van der Waals surface area contributed by atoms with Crippen LogP contribution in [0.25, 0.3) is 0 Å². The summed E-state index contributed by atoms with van der Waals surface area (Å²) in [5, 5.41) is 15.6. The van der Waals surface area contributed by atoms with E-state index in [1.165, 1.54) is 21.6 Å². The Balaban J connectivity index is 2.05. The minimum absolute atomic E-state index is 0.119. The lowest BCUT2D eigenvalue weighted by Gasteiger charge is -2.32. The molecule has 0 radical (unpaired) electrons.